The van der Waals surface area contributed by atoms with Gasteiger partial charge in [-0.2, -0.15) is 0 Å². The van der Waals surface area contributed by atoms with Crippen LogP contribution in [0.3, 0.4) is 0 Å². The monoisotopic (exact) mass is 539 g/mol. The van der Waals surface area contributed by atoms with Crippen molar-refractivity contribution in [3.8, 4) is 11.3 Å². The van der Waals surface area contributed by atoms with Gasteiger partial charge in [-0.15, -0.1) is 0 Å². The molecule has 3 aliphatic rings. The second-order valence-corrected chi connectivity index (χ2v) is 10.7. The first kappa shape index (κ1) is 26.4. The van der Waals surface area contributed by atoms with Crippen LogP contribution in [-0.4, -0.2) is 78.0 Å². The Bertz CT molecular complexity index is 1330. The molecule has 0 radical (unpaired) electrons. The first-order chi connectivity index (χ1) is 19.7. The second kappa shape index (κ2) is 12.2. The zero-order chi connectivity index (χ0) is 27.3. The summed E-state index contributed by atoms with van der Waals surface area (Å²) in [5, 5.41) is 6.60. The third-order valence-corrected chi connectivity index (χ3v) is 8.21. The third-order valence-electron chi connectivity index (χ3n) is 8.21. The fourth-order valence-electron chi connectivity index (χ4n) is 5.90. The predicted octanol–water partition coefficient (Wildman–Crippen LogP) is 3.62. The summed E-state index contributed by atoms with van der Waals surface area (Å²) in [5.41, 5.74) is 11.4. The Balaban J connectivity index is 1.11. The van der Waals surface area contributed by atoms with Gasteiger partial charge in [-0.05, 0) is 86.1 Å². The maximum atomic E-state index is 11.9. The van der Waals surface area contributed by atoms with Crippen molar-refractivity contribution < 1.29 is 9.53 Å². The molecular weight excluding hydrogens is 502 g/mol. The summed E-state index contributed by atoms with van der Waals surface area (Å²) in [7, 11) is 0. The molecule has 0 amide bonds. The molecule has 1 aromatic carbocycles. The summed E-state index contributed by atoms with van der Waals surface area (Å²) >= 11 is 0. The van der Waals surface area contributed by atoms with Gasteiger partial charge in [0.2, 0.25) is 0 Å². The van der Waals surface area contributed by atoms with Gasteiger partial charge in [-0.1, -0.05) is 12.1 Å². The molecule has 5 heterocycles. The molecule has 2 fully saturated rings. The number of benzene rings is 1. The maximum absolute atomic E-state index is 11.9. The average molecular weight is 540 g/mol. The summed E-state index contributed by atoms with van der Waals surface area (Å²) in [5.74, 6) is 1.11. The summed E-state index contributed by atoms with van der Waals surface area (Å²) < 4.78 is 5.52. The van der Waals surface area contributed by atoms with Crippen LogP contribution in [0.25, 0.3) is 17.3 Å². The molecule has 2 saturated heterocycles. The van der Waals surface area contributed by atoms with Crippen LogP contribution < -0.4 is 16.4 Å². The van der Waals surface area contributed by atoms with E-state index in [-0.39, 0.29) is 0 Å². The molecule has 3 aliphatic heterocycles. The zero-order valence-corrected chi connectivity index (χ0v) is 22.8. The Morgan fingerprint density at radius 3 is 2.60 bits per heavy atom. The van der Waals surface area contributed by atoms with Gasteiger partial charge in [0.25, 0.3) is 0 Å². The molecule has 6 rings (SSSR count). The number of nitrogens with two attached hydrogens (primary N) is 1. The van der Waals surface area contributed by atoms with Crippen LogP contribution in [-0.2, 0) is 16.0 Å². The number of carbonyl (C=O) groups is 1. The molecule has 4 N–H and O–H groups in total. The predicted molar refractivity (Wildman–Crippen MR) is 158 cm³/mol. The Morgan fingerprint density at radius 2 is 1.88 bits per heavy atom. The highest BCUT2D eigenvalue weighted by Gasteiger charge is 2.26. The van der Waals surface area contributed by atoms with E-state index in [9.17, 15) is 4.79 Å². The minimum absolute atomic E-state index is 0.461. The average Bonchev–Trinajstić information content (AvgIpc) is 3.01. The Kier molecular flexibility index (Phi) is 8.04. The molecule has 40 heavy (non-hydrogen) atoms. The van der Waals surface area contributed by atoms with Gasteiger partial charge in [0.15, 0.2) is 0 Å². The van der Waals surface area contributed by atoms with Crippen molar-refractivity contribution >= 4 is 29.7 Å². The quantitative estimate of drug-likeness (QED) is 0.370. The lowest BCUT2D eigenvalue weighted by atomic mass is 9.97. The van der Waals surface area contributed by atoms with E-state index in [0.29, 0.717) is 17.7 Å². The second-order valence-electron chi connectivity index (χ2n) is 10.7. The first-order valence-electron chi connectivity index (χ1n) is 14.2. The minimum Gasteiger partial charge on any atom is -0.384 e. The summed E-state index contributed by atoms with van der Waals surface area (Å²) in [6.07, 6.45) is 9.91. The lowest BCUT2D eigenvalue weighted by molar-refractivity contribution is -0.109. The van der Waals surface area contributed by atoms with E-state index in [1.807, 2.05) is 18.2 Å². The third kappa shape index (κ3) is 6.01. The fraction of sp³-hybridized carbons (Fsp3) is 0.387. The number of piperidine rings is 1. The number of rotatable bonds is 8. The van der Waals surface area contributed by atoms with E-state index in [0.717, 1.165) is 73.6 Å². The maximum Gasteiger partial charge on any atom is 0.146 e. The van der Waals surface area contributed by atoms with Crippen LogP contribution in [0.15, 0.2) is 54.9 Å². The van der Waals surface area contributed by atoms with E-state index in [1.54, 1.807) is 18.5 Å². The van der Waals surface area contributed by atoms with Crippen LogP contribution in [0.4, 0.5) is 17.3 Å². The van der Waals surface area contributed by atoms with Gasteiger partial charge in [0.1, 0.15) is 24.0 Å². The zero-order valence-electron chi connectivity index (χ0n) is 22.8. The van der Waals surface area contributed by atoms with E-state index in [2.05, 4.69) is 49.7 Å². The SMILES string of the molecule is Nc1ccc(-c2cc3c(c(Nc4ccc(CCN5CCC(N6CCOCC6)CC5)cc4)n2)C(C=O)NC=C3)cn1. The molecule has 9 heteroatoms. The van der Waals surface area contributed by atoms with E-state index >= 15 is 0 Å². The van der Waals surface area contributed by atoms with Crippen molar-refractivity contribution in [2.24, 2.45) is 0 Å². The van der Waals surface area contributed by atoms with Crippen molar-refractivity contribution in [1.82, 2.24) is 25.1 Å². The number of anilines is 3. The number of aromatic nitrogens is 2. The number of carbonyl (C=O) groups excluding carboxylic acids is 1. The number of morpholine rings is 1. The molecule has 2 aromatic heterocycles. The largest absolute Gasteiger partial charge is 0.384 e. The molecule has 0 spiro atoms. The lowest BCUT2D eigenvalue weighted by Gasteiger charge is -2.40. The number of aldehydes is 1. The van der Waals surface area contributed by atoms with Gasteiger partial charge in [0, 0.05) is 48.7 Å². The van der Waals surface area contributed by atoms with Gasteiger partial charge < -0.3 is 30.8 Å². The molecule has 0 aliphatic carbocycles. The van der Waals surface area contributed by atoms with E-state index < -0.39 is 6.04 Å². The highest BCUT2D eigenvalue weighted by Crippen LogP contribution is 2.34. The minimum atomic E-state index is -0.472. The van der Waals surface area contributed by atoms with Crippen LogP contribution >= 0.6 is 0 Å². The first-order valence-corrected chi connectivity index (χ1v) is 14.2. The molecule has 9 nitrogen and oxygen atoms in total. The number of ether oxygens (including phenoxy) is 1. The number of hydrogen-bond donors (Lipinski definition) is 3. The van der Waals surface area contributed by atoms with E-state index in [4.69, 9.17) is 15.5 Å². The Morgan fingerprint density at radius 1 is 1.07 bits per heavy atom. The molecule has 0 bridgehead atoms. The van der Waals surface area contributed by atoms with Crippen molar-refractivity contribution in [3.05, 3.63) is 71.6 Å². The van der Waals surface area contributed by atoms with Gasteiger partial charge in [-0.25, -0.2) is 9.97 Å². The number of fused-ring (bicyclic) bond motifs is 1. The number of nitrogen functional groups attached to an aromatic ring is 1. The van der Waals surface area contributed by atoms with E-state index in [1.165, 1.54) is 31.5 Å². The highest BCUT2D eigenvalue weighted by molar-refractivity contribution is 5.80. The smallest absolute Gasteiger partial charge is 0.146 e. The summed E-state index contributed by atoms with van der Waals surface area (Å²) in [4.78, 5) is 26.2. The normalized spacial score (nSPS) is 20.1. The van der Waals surface area contributed by atoms with Crippen LogP contribution in [0.5, 0.6) is 0 Å². The Labute approximate surface area is 235 Å². The number of pyridine rings is 2. The highest BCUT2D eigenvalue weighted by atomic mass is 16.5. The van der Waals surface area contributed by atoms with Crippen LogP contribution in [0.2, 0.25) is 0 Å². The molecule has 1 atom stereocenters. The number of nitrogens with one attached hydrogen (secondary N) is 2. The standard InChI is InChI=1S/C31H37N7O2/c32-29-6-3-24(20-34-29)27-19-23-7-11-33-28(21-39)30(23)31(36-27)35-25-4-1-22(2-5-25)8-12-37-13-9-26(10-14-37)38-15-17-40-18-16-38/h1-7,11,19-21,26,28,33H,8-10,12-18H2,(H2,32,34)(H,35,36). The Hall–Kier alpha value is -3.79. The molecule has 0 saturated carbocycles. The topological polar surface area (TPSA) is 109 Å². The molecule has 1 unspecified atom stereocenters. The number of hydrogen-bond acceptors (Lipinski definition) is 9. The number of nitrogens with zero attached hydrogens (tertiary/aromatic N) is 4. The van der Waals surface area contributed by atoms with Crippen molar-refractivity contribution in [3.63, 3.8) is 0 Å². The lowest BCUT2D eigenvalue weighted by Crippen LogP contribution is -2.49. The molecule has 3 aromatic rings. The van der Waals surface area contributed by atoms with Gasteiger partial charge in [0.05, 0.1) is 18.9 Å². The van der Waals surface area contributed by atoms with Gasteiger partial charge >= 0.3 is 0 Å². The van der Waals surface area contributed by atoms with Crippen molar-refractivity contribution in [2.45, 2.75) is 31.3 Å². The molecular formula is C31H37N7O2. The van der Waals surface area contributed by atoms with Crippen molar-refractivity contribution in [2.75, 3.05) is 57.0 Å². The summed E-state index contributed by atoms with van der Waals surface area (Å²) in [6.45, 7) is 7.32. The van der Waals surface area contributed by atoms with Crippen molar-refractivity contribution in [1.29, 1.82) is 0 Å². The number of likely N-dealkylation sites (tertiary alicyclic amines) is 1. The van der Waals surface area contributed by atoms with Crippen LogP contribution in [0, 0.1) is 0 Å². The van der Waals surface area contributed by atoms with Crippen LogP contribution in [0.1, 0.15) is 35.6 Å². The fourth-order valence-corrected chi connectivity index (χ4v) is 5.90. The molecule has 208 valence electrons. The summed E-state index contributed by atoms with van der Waals surface area (Å²) in [6, 6.07) is 14.4. The van der Waals surface area contributed by atoms with Gasteiger partial charge in [-0.3, -0.25) is 4.90 Å².